The number of anilines is 1. The molecule has 0 saturated heterocycles. The van der Waals surface area contributed by atoms with Crippen molar-refractivity contribution in [1.82, 2.24) is 24.9 Å². The number of aryl methyl sites for hydroxylation is 1. The zero-order chi connectivity index (χ0) is 23.5. The molecule has 4 heterocycles. The predicted octanol–water partition coefficient (Wildman–Crippen LogP) is 1.75. The van der Waals surface area contributed by atoms with Gasteiger partial charge in [-0.05, 0) is 25.0 Å². The molecule has 5 rings (SSSR count). The number of rotatable bonds is 7. The van der Waals surface area contributed by atoms with E-state index in [2.05, 4.69) is 20.6 Å². The van der Waals surface area contributed by atoms with E-state index in [9.17, 15) is 14.8 Å². The number of benzene rings is 1. The summed E-state index contributed by atoms with van der Waals surface area (Å²) in [5, 5.41) is 18.4. The van der Waals surface area contributed by atoms with Crippen molar-refractivity contribution in [3.8, 4) is 5.75 Å². The highest BCUT2D eigenvalue weighted by Gasteiger charge is 2.30. The first-order valence-electron chi connectivity index (χ1n) is 11.3. The van der Waals surface area contributed by atoms with Gasteiger partial charge in [-0.2, -0.15) is 0 Å². The van der Waals surface area contributed by atoms with E-state index in [4.69, 9.17) is 4.74 Å². The Balaban J connectivity index is 1.26. The minimum absolute atomic E-state index is 0.0353. The number of para-hydroxylation sites is 1. The van der Waals surface area contributed by atoms with Crippen LogP contribution in [0.15, 0.2) is 53.6 Å². The van der Waals surface area contributed by atoms with E-state index in [1.54, 1.807) is 12.4 Å². The highest BCUT2D eigenvalue weighted by Crippen LogP contribution is 2.29. The zero-order valence-electron chi connectivity index (χ0n) is 18.6. The third-order valence-electron chi connectivity index (χ3n) is 6.09. The number of carbonyl (C=O) groups is 1. The van der Waals surface area contributed by atoms with Gasteiger partial charge in [0.2, 0.25) is 5.91 Å². The Morgan fingerprint density at radius 3 is 2.97 bits per heavy atom. The molecular weight excluding hydrogens is 436 g/mol. The van der Waals surface area contributed by atoms with E-state index >= 15 is 0 Å². The molecule has 2 aromatic heterocycles. The summed E-state index contributed by atoms with van der Waals surface area (Å²) in [6.07, 6.45) is 5.19. The van der Waals surface area contributed by atoms with E-state index in [-0.39, 0.29) is 37.1 Å². The quantitative estimate of drug-likeness (QED) is 0.545. The van der Waals surface area contributed by atoms with E-state index in [0.717, 1.165) is 27.6 Å². The molecule has 34 heavy (non-hydrogen) atoms. The van der Waals surface area contributed by atoms with Crippen LogP contribution in [-0.2, 0) is 30.7 Å². The Kier molecular flexibility index (Phi) is 6.24. The van der Waals surface area contributed by atoms with E-state index in [1.165, 1.54) is 4.57 Å². The summed E-state index contributed by atoms with van der Waals surface area (Å²) >= 11 is 0. The van der Waals surface area contributed by atoms with Gasteiger partial charge in [0.25, 0.3) is 5.56 Å². The largest absolute Gasteiger partial charge is 0.783 e. The molecule has 0 aliphatic carbocycles. The molecule has 176 valence electrons. The first-order valence-corrected chi connectivity index (χ1v) is 11.3. The maximum absolute atomic E-state index is 13.1. The van der Waals surface area contributed by atoms with Gasteiger partial charge in [-0.1, -0.05) is 24.3 Å². The molecule has 0 unspecified atom stereocenters. The Morgan fingerprint density at radius 2 is 2.12 bits per heavy atom. The maximum atomic E-state index is 13.1. The minimum atomic E-state index is -0.598. The van der Waals surface area contributed by atoms with Gasteiger partial charge >= 0.3 is 0 Å². The number of amides is 1. The summed E-state index contributed by atoms with van der Waals surface area (Å²) in [6.45, 7) is 0.981. The van der Waals surface area contributed by atoms with Crippen molar-refractivity contribution in [3.63, 3.8) is 0 Å². The van der Waals surface area contributed by atoms with E-state index < -0.39 is 6.04 Å². The number of aromatic nitrogens is 3. The number of hydrogen-bond acceptors (Lipinski definition) is 8. The maximum Gasteiger partial charge on any atom is 0.294 e. The predicted molar refractivity (Wildman–Crippen MR) is 125 cm³/mol. The lowest BCUT2D eigenvalue weighted by molar-refractivity contribution is -0.124. The molecule has 10 nitrogen and oxygen atoms in total. The molecular formula is C24H25N6O4-. The van der Waals surface area contributed by atoms with Crippen LogP contribution in [0.4, 0.5) is 5.82 Å². The van der Waals surface area contributed by atoms with Gasteiger partial charge in [0.1, 0.15) is 18.5 Å². The van der Waals surface area contributed by atoms with E-state index in [0.29, 0.717) is 31.6 Å². The van der Waals surface area contributed by atoms with Gasteiger partial charge in [-0.25, -0.2) is 4.98 Å². The highest BCUT2D eigenvalue weighted by atomic mass is 16.6. The summed E-state index contributed by atoms with van der Waals surface area (Å²) in [6, 6.07) is 10.7. The molecule has 2 aliphatic rings. The summed E-state index contributed by atoms with van der Waals surface area (Å²) in [4.78, 5) is 34.7. The highest BCUT2D eigenvalue weighted by molar-refractivity contribution is 5.81. The van der Waals surface area contributed by atoms with Crippen LogP contribution in [0.3, 0.4) is 0 Å². The lowest BCUT2D eigenvalue weighted by Crippen LogP contribution is -2.36. The summed E-state index contributed by atoms with van der Waals surface area (Å²) in [7, 11) is 0. The Bertz CT molecular complexity index is 1250. The van der Waals surface area contributed by atoms with Crippen LogP contribution in [0.2, 0.25) is 0 Å². The van der Waals surface area contributed by atoms with Crippen LogP contribution in [0.1, 0.15) is 35.0 Å². The van der Waals surface area contributed by atoms with Gasteiger partial charge in [0.15, 0.2) is 5.82 Å². The normalized spacial score (nSPS) is 16.9. The van der Waals surface area contributed by atoms with Crippen LogP contribution in [0.25, 0.3) is 0 Å². The van der Waals surface area contributed by atoms with Crippen molar-refractivity contribution in [2.45, 2.75) is 38.4 Å². The van der Waals surface area contributed by atoms with Crippen molar-refractivity contribution in [3.05, 3.63) is 86.9 Å². The van der Waals surface area contributed by atoms with Crippen LogP contribution in [0.5, 0.6) is 5.75 Å². The monoisotopic (exact) mass is 461 g/mol. The fourth-order valence-electron chi connectivity index (χ4n) is 4.43. The number of hydrogen-bond donors (Lipinski definition) is 2. The lowest BCUT2D eigenvalue weighted by atomic mass is 10.1. The SMILES string of the molecule is O=C(NCc1cccc2c1OCN([O-])C2)[C@@H]1CCc2cnc(NCCc3ccccn3)c(=O)n21. The fourth-order valence-corrected chi connectivity index (χ4v) is 4.43. The molecule has 1 amide bonds. The van der Waals surface area contributed by atoms with Gasteiger partial charge in [0.05, 0.1) is 0 Å². The van der Waals surface area contributed by atoms with Crippen molar-refractivity contribution >= 4 is 11.7 Å². The van der Waals surface area contributed by atoms with Gasteiger partial charge in [0, 0.05) is 61.0 Å². The third kappa shape index (κ3) is 4.50. The zero-order valence-corrected chi connectivity index (χ0v) is 18.6. The number of fused-ring (bicyclic) bond motifs is 2. The summed E-state index contributed by atoms with van der Waals surface area (Å²) in [5.74, 6) is 0.639. The average Bonchev–Trinajstić information content (AvgIpc) is 3.29. The van der Waals surface area contributed by atoms with E-state index in [1.807, 2.05) is 36.4 Å². The number of pyridine rings is 1. The molecule has 1 atom stereocenters. The molecule has 1 aromatic carbocycles. The molecule has 2 aliphatic heterocycles. The molecule has 10 heteroatoms. The Hall–Kier alpha value is -3.76. The average molecular weight is 462 g/mol. The van der Waals surface area contributed by atoms with Crippen LogP contribution < -0.4 is 20.9 Å². The van der Waals surface area contributed by atoms with Crippen LogP contribution in [0, 0.1) is 5.21 Å². The Labute approximate surface area is 196 Å². The summed E-state index contributed by atoms with van der Waals surface area (Å²) in [5.41, 5.74) is 2.96. The Morgan fingerprint density at radius 1 is 1.21 bits per heavy atom. The second kappa shape index (κ2) is 9.62. The second-order valence-corrected chi connectivity index (χ2v) is 8.36. The minimum Gasteiger partial charge on any atom is -0.783 e. The standard InChI is InChI=1S/C24H25N6O4/c31-23(28-12-16-4-3-5-17-14-29(33)15-34-21(16)17)20-8-7-19-13-27-22(24(32)30(19)20)26-11-9-18-6-1-2-10-25-18/h1-6,10,13,20H,7-9,11-12,14-15H2,(H,26,27)(H,28,31)/q-1/t20-/m0/s1. The third-order valence-corrected chi connectivity index (χ3v) is 6.09. The van der Waals surface area contributed by atoms with Crippen LogP contribution >= 0.6 is 0 Å². The van der Waals surface area contributed by atoms with Gasteiger partial charge < -0.3 is 25.6 Å². The van der Waals surface area contributed by atoms with Gasteiger partial charge in [-0.15, -0.1) is 0 Å². The number of ether oxygens (including phenoxy) is 1. The van der Waals surface area contributed by atoms with Crippen molar-refractivity contribution < 1.29 is 9.53 Å². The smallest absolute Gasteiger partial charge is 0.294 e. The van der Waals surface area contributed by atoms with Gasteiger partial charge in [-0.3, -0.25) is 19.1 Å². The first kappa shape index (κ1) is 22.1. The number of hydroxylamine groups is 2. The number of carbonyl (C=O) groups excluding carboxylic acids is 1. The van der Waals surface area contributed by atoms with Crippen LogP contribution in [-0.4, -0.2) is 38.8 Å². The molecule has 2 N–H and O–H groups in total. The number of nitrogens with one attached hydrogen (secondary N) is 2. The second-order valence-electron chi connectivity index (χ2n) is 8.36. The molecule has 0 fully saturated rings. The molecule has 0 saturated carbocycles. The number of nitrogens with zero attached hydrogens (tertiary/aromatic N) is 4. The molecule has 0 spiro atoms. The lowest BCUT2D eigenvalue weighted by Gasteiger charge is -2.34. The fraction of sp³-hybridized carbons (Fsp3) is 0.333. The summed E-state index contributed by atoms with van der Waals surface area (Å²) < 4.78 is 7.11. The van der Waals surface area contributed by atoms with Crippen molar-refractivity contribution in [2.75, 3.05) is 18.6 Å². The van der Waals surface area contributed by atoms with Crippen molar-refractivity contribution in [1.29, 1.82) is 0 Å². The molecule has 3 aromatic rings. The van der Waals surface area contributed by atoms with Crippen molar-refractivity contribution in [2.24, 2.45) is 0 Å². The molecule has 0 bridgehead atoms. The molecule has 0 radical (unpaired) electrons. The topological polar surface area (TPSA) is 124 Å². The first-order chi connectivity index (χ1) is 16.6.